The van der Waals surface area contributed by atoms with Gasteiger partial charge < -0.3 is 14.8 Å². The standard InChI is InChI=1S/C19H22N4O3/c1-11-7-13-14(10-22-17(13)21-8-11)16(24)12-5-6-15(20-9-12)23-18(25)26-19(2,3)4/h5-10,16,24H,1-4H3,(H,21,22)(H,20,23,25). The zero-order chi connectivity index (χ0) is 18.9. The fourth-order valence-corrected chi connectivity index (χ4v) is 2.58. The molecule has 26 heavy (non-hydrogen) atoms. The molecule has 1 amide bonds. The molecule has 3 rings (SSSR count). The fourth-order valence-electron chi connectivity index (χ4n) is 2.58. The lowest BCUT2D eigenvalue weighted by Gasteiger charge is -2.19. The molecular weight excluding hydrogens is 332 g/mol. The van der Waals surface area contributed by atoms with E-state index in [9.17, 15) is 9.90 Å². The summed E-state index contributed by atoms with van der Waals surface area (Å²) in [5, 5.41) is 14.1. The lowest BCUT2D eigenvalue weighted by molar-refractivity contribution is 0.0635. The topological polar surface area (TPSA) is 100 Å². The first-order chi connectivity index (χ1) is 12.2. The number of anilines is 1. The molecule has 0 aromatic carbocycles. The highest BCUT2D eigenvalue weighted by Crippen LogP contribution is 2.28. The summed E-state index contributed by atoms with van der Waals surface area (Å²) in [5.74, 6) is 0.353. The van der Waals surface area contributed by atoms with Crippen molar-refractivity contribution in [2.75, 3.05) is 5.32 Å². The van der Waals surface area contributed by atoms with Gasteiger partial charge in [0.15, 0.2) is 0 Å². The number of aryl methyl sites for hydroxylation is 1. The highest BCUT2D eigenvalue weighted by molar-refractivity contribution is 5.83. The number of ether oxygens (including phenoxy) is 1. The van der Waals surface area contributed by atoms with Crippen LogP contribution in [0.1, 0.15) is 43.6 Å². The quantitative estimate of drug-likeness (QED) is 0.666. The first-order valence-electron chi connectivity index (χ1n) is 8.30. The molecule has 0 fully saturated rings. The van der Waals surface area contributed by atoms with Crippen LogP contribution in [0.25, 0.3) is 11.0 Å². The monoisotopic (exact) mass is 354 g/mol. The van der Waals surface area contributed by atoms with Crippen molar-refractivity contribution < 1.29 is 14.6 Å². The van der Waals surface area contributed by atoms with E-state index >= 15 is 0 Å². The maximum atomic E-state index is 11.8. The van der Waals surface area contributed by atoms with Crippen molar-refractivity contribution in [3.05, 3.63) is 53.5 Å². The number of hydrogen-bond acceptors (Lipinski definition) is 5. The van der Waals surface area contributed by atoms with Crippen molar-refractivity contribution in [2.45, 2.75) is 39.4 Å². The van der Waals surface area contributed by atoms with Gasteiger partial charge in [-0.25, -0.2) is 14.8 Å². The molecule has 7 heteroatoms. The summed E-state index contributed by atoms with van der Waals surface area (Å²) < 4.78 is 5.19. The van der Waals surface area contributed by atoms with Crippen LogP contribution in [0.4, 0.5) is 10.6 Å². The SMILES string of the molecule is Cc1cnc2[nH]cc(C(O)c3ccc(NC(=O)OC(C)(C)C)nc3)c2c1. The number of pyridine rings is 2. The molecule has 0 saturated carbocycles. The van der Waals surface area contributed by atoms with Gasteiger partial charge in [-0.2, -0.15) is 0 Å². The van der Waals surface area contributed by atoms with Crippen LogP contribution in [0.5, 0.6) is 0 Å². The van der Waals surface area contributed by atoms with Gasteiger partial charge in [0.2, 0.25) is 0 Å². The second-order valence-electron chi connectivity index (χ2n) is 7.16. The van der Waals surface area contributed by atoms with Gasteiger partial charge in [0, 0.05) is 35.1 Å². The normalized spacial score (nSPS) is 12.8. The largest absolute Gasteiger partial charge is 0.444 e. The Morgan fingerprint density at radius 1 is 1.27 bits per heavy atom. The Bertz CT molecular complexity index is 926. The van der Waals surface area contributed by atoms with E-state index in [0.717, 1.165) is 22.2 Å². The van der Waals surface area contributed by atoms with Gasteiger partial charge in [-0.1, -0.05) is 6.07 Å². The number of amides is 1. The van der Waals surface area contributed by atoms with E-state index in [0.29, 0.717) is 11.4 Å². The molecule has 0 aliphatic rings. The zero-order valence-electron chi connectivity index (χ0n) is 15.2. The molecule has 0 aliphatic heterocycles. The number of carbonyl (C=O) groups is 1. The summed E-state index contributed by atoms with van der Waals surface area (Å²) in [6, 6.07) is 5.32. The van der Waals surface area contributed by atoms with E-state index < -0.39 is 17.8 Å². The van der Waals surface area contributed by atoms with Crippen LogP contribution >= 0.6 is 0 Å². The molecule has 3 N–H and O–H groups in total. The number of rotatable bonds is 3. The minimum Gasteiger partial charge on any atom is -0.444 e. The number of nitrogens with zero attached hydrogens (tertiary/aromatic N) is 2. The van der Waals surface area contributed by atoms with Crippen LogP contribution in [0.2, 0.25) is 0 Å². The summed E-state index contributed by atoms with van der Waals surface area (Å²) in [7, 11) is 0. The van der Waals surface area contributed by atoms with E-state index in [1.807, 2.05) is 13.0 Å². The molecule has 0 bridgehead atoms. The molecule has 0 saturated heterocycles. The van der Waals surface area contributed by atoms with Gasteiger partial charge >= 0.3 is 6.09 Å². The van der Waals surface area contributed by atoms with Gasteiger partial charge in [-0.15, -0.1) is 0 Å². The molecule has 3 aromatic heterocycles. The minimum atomic E-state index is -0.851. The first kappa shape index (κ1) is 17.9. The van der Waals surface area contributed by atoms with E-state index in [-0.39, 0.29) is 0 Å². The fraction of sp³-hybridized carbons (Fsp3) is 0.316. The number of hydrogen-bond donors (Lipinski definition) is 3. The Morgan fingerprint density at radius 2 is 2.04 bits per heavy atom. The smallest absolute Gasteiger partial charge is 0.413 e. The van der Waals surface area contributed by atoms with Crippen molar-refractivity contribution in [1.29, 1.82) is 0 Å². The molecule has 7 nitrogen and oxygen atoms in total. The Labute approximate surface area is 151 Å². The number of fused-ring (bicyclic) bond motifs is 1. The predicted molar refractivity (Wildman–Crippen MR) is 99.0 cm³/mol. The van der Waals surface area contributed by atoms with Gasteiger partial charge in [0.1, 0.15) is 23.2 Å². The molecular formula is C19H22N4O3. The molecule has 1 unspecified atom stereocenters. The van der Waals surface area contributed by atoms with Gasteiger partial charge in [0.25, 0.3) is 0 Å². The third-order valence-corrected chi connectivity index (χ3v) is 3.73. The van der Waals surface area contributed by atoms with Crippen LogP contribution in [0, 0.1) is 6.92 Å². The van der Waals surface area contributed by atoms with Crippen molar-refractivity contribution in [3.8, 4) is 0 Å². The minimum absolute atomic E-state index is 0.353. The molecule has 0 spiro atoms. The molecule has 0 aliphatic carbocycles. The van der Waals surface area contributed by atoms with Crippen molar-refractivity contribution in [1.82, 2.24) is 15.0 Å². The molecule has 3 aromatic rings. The molecule has 0 radical (unpaired) electrons. The van der Waals surface area contributed by atoms with E-state index in [1.165, 1.54) is 6.20 Å². The highest BCUT2D eigenvalue weighted by Gasteiger charge is 2.18. The Balaban J connectivity index is 1.77. The Kier molecular flexibility index (Phi) is 4.65. The summed E-state index contributed by atoms with van der Waals surface area (Å²) in [6.07, 6.45) is 3.62. The van der Waals surface area contributed by atoms with E-state index in [4.69, 9.17) is 4.74 Å². The number of carbonyl (C=O) groups excluding carboxylic acids is 1. The zero-order valence-corrected chi connectivity index (χ0v) is 15.2. The second-order valence-corrected chi connectivity index (χ2v) is 7.16. The number of aliphatic hydroxyl groups excluding tert-OH is 1. The van der Waals surface area contributed by atoms with E-state index in [1.54, 1.807) is 45.3 Å². The van der Waals surface area contributed by atoms with Crippen molar-refractivity contribution in [2.24, 2.45) is 0 Å². The lowest BCUT2D eigenvalue weighted by atomic mass is 10.0. The number of aromatic nitrogens is 3. The van der Waals surface area contributed by atoms with Crippen molar-refractivity contribution >= 4 is 22.9 Å². The highest BCUT2D eigenvalue weighted by atomic mass is 16.6. The van der Waals surface area contributed by atoms with Crippen LogP contribution in [-0.4, -0.2) is 31.8 Å². The molecule has 1 atom stereocenters. The molecule has 136 valence electrons. The Morgan fingerprint density at radius 3 is 2.69 bits per heavy atom. The van der Waals surface area contributed by atoms with Crippen LogP contribution in [-0.2, 0) is 4.74 Å². The van der Waals surface area contributed by atoms with Crippen molar-refractivity contribution in [3.63, 3.8) is 0 Å². The van der Waals surface area contributed by atoms with Crippen LogP contribution in [0.3, 0.4) is 0 Å². The number of nitrogens with one attached hydrogen (secondary N) is 2. The predicted octanol–water partition coefficient (Wildman–Crippen LogP) is 3.70. The third kappa shape index (κ3) is 4.00. The van der Waals surface area contributed by atoms with Crippen LogP contribution in [0.15, 0.2) is 36.8 Å². The number of aliphatic hydroxyl groups is 1. The second kappa shape index (κ2) is 6.76. The summed E-state index contributed by atoms with van der Waals surface area (Å²) in [5.41, 5.74) is 2.50. The average molecular weight is 354 g/mol. The van der Waals surface area contributed by atoms with E-state index in [2.05, 4.69) is 20.3 Å². The Hall–Kier alpha value is -2.93. The van der Waals surface area contributed by atoms with Gasteiger partial charge in [-0.05, 0) is 45.4 Å². The van der Waals surface area contributed by atoms with Gasteiger partial charge in [0.05, 0.1) is 0 Å². The summed E-state index contributed by atoms with van der Waals surface area (Å²) >= 11 is 0. The maximum Gasteiger partial charge on any atom is 0.413 e. The third-order valence-electron chi connectivity index (χ3n) is 3.73. The molecule has 3 heterocycles. The summed E-state index contributed by atoms with van der Waals surface area (Å²) in [4.78, 5) is 23.3. The first-order valence-corrected chi connectivity index (χ1v) is 8.30. The lowest BCUT2D eigenvalue weighted by Crippen LogP contribution is -2.27. The summed E-state index contributed by atoms with van der Waals surface area (Å²) in [6.45, 7) is 7.32. The maximum absolute atomic E-state index is 11.8. The number of H-pyrrole nitrogens is 1. The van der Waals surface area contributed by atoms with Crippen LogP contribution < -0.4 is 5.32 Å². The van der Waals surface area contributed by atoms with Gasteiger partial charge in [-0.3, -0.25) is 5.32 Å². The number of aromatic amines is 1. The average Bonchev–Trinajstić information content (AvgIpc) is 2.96.